The van der Waals surface area contributed by atoms with Crippen molar-refractivity contribution in [1.29, 1.82) is 0 Å². The molecule has 1 amide bonds. The number of aliphatic hydroxyl groups excluding tert-OH is 2. The van der Waals surface area contributed by atoms with Gasteiger partial charge < -0.3 is 20.3 Å². The summed E-state index contributed by atoms with van der Waals surface area (Å²) in [5.41, 5.74) is 0. The summed E-state index contributed by atoms with van der Waals surface area (Å²) in [6, 6.07) is -0.721. The average Bonchev–Trinajstić information content (AvgIpc) is 3.25. The SMILES string of the molecule is CC/C=C/C/C=C/C/C=C/CCCCC(CC(=O)NC(CO)C(O)CCCCCCCCCCCCCCC)OC(=O)CCCCCC/C=C\C/C=C\C/C=C\CCCCC. The van der Waals surface area contributed by atoms with E-state index in [1.54, 1.807) is 0 Å². The molecule has 0 aliphatic carbocycles. The summed E-state index contributed by atoms with van der Waals surface area (Å²) in [6.07, 6.45) is 61.0. The minimum absolute atomic E-state index is 0.0398. The molecule has 0 aromatic rings. The van der Waals surface area contributed by atoms with Crippen LogP contribution in [0, 0.1) is 0 Å². The molecule has 0 radical (unpaired) electrons. The first-order chi connectivity index (χ1) is 30.0. The van der Waals surface area contributed by atoms with Crippen molar-refractivity contribution in [2.45, 2.75) is 257 Å². The Morgan fingerprint density at radius 2 is 0.885 bits per heavy atom. The fourth-order valence-electron chi connectivity index (χ4n) is 7.39. The van der Waals surface area contributed by atoms with Crippen molar-refractivity contribution in [3.63, 3.8) is 0 Å². The number of amides is 1. The van der Waals surface area contributed by atoms with Crippen LogP contribution in [0.2, 0.25) is 0 Å². The first kappa shape index (κ1) is 58.3. The van der Waals surface area contributed by atoms with Gasteiger partial charge >= 0.3 is 5.97 Å². The number of carbonyl (C=O) groups excluding carboxylic acids is 2. The molecule has 0 spiro atoms. The predicted octanol–water partition coefficient (Wildman–Crippen LogP) is 15.4. The summed E-state index contributed by atoms with van der Waals surface area (Å²) in [4.78, 5) is 26.1. The summed E-state index contributed by atoms with van der Waals surface area (Å²) >= 11 is 0. The van der Waals surface area contributed by atoms with Crippen molar-refractivity contribution in [3.8, 4) is 0 Å². The standard InChI is InChI=1S/C55H97NO5/c1-4-7-10-13-16-19-22-25-26-27-28-30-33-36-39-42-45-48-55(60)61-51(46-43-40-37-34-31-24-21-18-15-12-9-6-3)49-54(59)56-52(50-57)53(58)47-44-41-38-35-32-29-23-20-17-14-11-8-5-2/h9,12,16,18-19,21,25-26,28,30-31,34,51-53,57-58H,4-8,10-11,13-15,17,20,22-24,27,29,32-33,35-50H2,1-3H3,(H,56,59)/b12-9+,19-16-,21-18+,26-25-,30-28-,34-31+. The van der Waals surface area contributed by atoms with Crippen LogP contribution in [0.3, 0.4) is 0 Å². The lowest BCUT2D eigenvalue weighted by Crippen LogP contribution is -2.46. The number of rotatable bonds is 45. The number of unbranched alkanes of at least 4 members (excludes halogenated alkanes) is 21. The molecule has 0 fully saturated rings. The molecule has 0 saturated heterocycles. The summed E-state index contributed by atoms with van der Waals surface area (Å²) in [5.74, 6) is -0.540. The maximum atomic E-state index is 13.2. The third kappa shape index (κ3) is 43.7. The Morgan fingerprint density at radius 1 is 0.492 bits per heavy atom. The lowest BCUT2D eigenvalue weighted by atomic mass is 10.0. The van der Waals surface area contributed by atoms with Gasteiger partial charge in [0.15, 0.2) is 0 Å². The molecular formula is C55H97NO5. The van der Waals surface area contributed by atoms with Crippen LogP contribution in [0.25, 0.3) is 0 Å². The lowest BCUT2D eigenvalue weighted by molar-refractivity contribution is -0.151. The van der Waals surface area contributed by atoms with Gasteiger partial charge in [-0.25, -0.2) is 0 Å². The maximum Gasteiger partial charge on any atom is 0.306 e. The Morgan fingerprint density at radius 3 is 1.39 bits per heavy atom. The highest BCUT2D eigenvalue weighted by Crippen LogP contribution is 2.17. The van der Waals surface area contributed by atoms with Crippen LogP contribution in [-0.2, 0) is 14.3 Å². The monoisotopic (exact) mass is 852 g/mol. The second kappa shape index (κ2) is 48.3. The second-order valence-corrected chi connectivity index (χ2v) is 17.2. The topological polar surface area (TPSA) is 95.9 Å². The number of aliphatic hydroxyl groups is 2. The number of ether oxygens (including phenoxy) is 1. The fourth-order valence-corrected chi connectivity index (χ4v) is 7.39. The van der Waals surface area contributed by atoms with Crippen molar-refractivity contribution >= 4 is 11.9 Å². The van der Waals surface area contributed by atoms with Gasteiger partial charge in [-0.1, -0.05) is 203 Å². The van der Waals surface area contributed by atoms with E-state index in [-0.39, 0.29) is 24.9 Å². The van der Waals surface area contributed by atoms with Crippen LogP contribution in [-0.4, -0.2) is 46.9 Å². The van der Waals surface area contributed by atoms with Gasteiger partial charge in [-0.05, 0) is 96.3 Å². The van der Waals surface area contributed by atoms with E-state index < -0.39 is 18.2 Å². The highest BCUT2D eigenvalue weighted by molar-refractivity contribution is 5.77. The molecule has 0 aliphatic rings. The molecule has 0 rings (SSSR count). The van der Waals surface area contributed by atoms with E-state index in [2.05, 4.69) is 99.0 Å². The zero-order valence-corrected chi connectivity index (χ0v) is 40.0. The van der Waals surface area contributed by atoms with Crippen LogP contribution >= 0.6 is 0 Å². The van der Waals surface area contributed by atoms with Gasteiger partial charge in [0.05, 0.1) is 25.2 Å². The Balaban J connectivity index is 4.64. The quantitative estimate of drug-likeness (QED) is 0.0322. The number of carbonyl (C=O) groups is 2. The fraction of sp³-hybridized carbons (Fsp3) is 0.745. The molecule has 3 unspecified atom stereocenters. The molecule has 0 saturated carbocycles. The minimum Gasteiger partial charge on any atom is -0.462 e. The van der Waals surface area contributed by atoms with Gasteiger partial charge in [0.2, 0.25) is 5.91 Å². The van der Waals surface area contributed by atoms with Gasteiger partial charge in [0.1, 0.15) is 6.10 Å². The van der Waals surface area contributed by atoms with E-state index in [0.29, 0.717) is 19.3 Å². The third-order valence-electron chi connectivity index (χ3n) is 11.3. The molecular weight excluding hydrogens is 755 g/mol. The van der Waals surface area contributed by atoms with Crippen LogP contribution in [0.4, 0.5) is 0 Å². The van der Waals surface area contributed by atoms with Gasteiger partial charge in [-0.3, -0.25) is 9.59 Å². The summed E-state index contributed by atoms with van der Waals surface area (Å²) in [7, 11) is 0. The normalized spacial score (nSPS) is 13.9. The van der Waals surface area contributed by atoms with E-state index in [9.17, 15) is 19.8 Å². The first-order valence-electron chi connectivity index (χ1n) is 25.7. The zero-order valence-electron chi connectivity index (χ0n) is 40.0. The highest BCUT2D eigenvalue weighted by atomic mass is 16.5. The van der Waals surface area contributed by atoms with Crippen LogP contribution in [0.5, 0.6) is 0 Å². The summed E-state index contributed by atoms with van der Waals surface area (Å²) < 4.78 is 5.90. The molecule has 0 bridgehead atoms. The highest BCUT2D eigenvalue weighted by Gasteiger charge is 2.24. The molecule has 0 heterocycles. The van der Waals surface area contributed by atoms with Gasteiger partial charge in [0, 0.05) is 6.42 Å². The molecule has 61 heavy (non-hydrogen) atoms. The van der Waals surface area contributed by atoms with Crippen LogP contribution in [0.15, 0.2) is 72.9 Å². The van der Waals surface area contributed by atoms with Crippen molar-refractivity contribution in [1.82, 2.24) is 5.32 Å². The summed E-state index contributed by atoms with van der Waals surface area (Å²) in [5, 5.41) is 23.7. The van der Waals surface area contributed by atoms with Gasteiger partial charge in [0.25, 0.3) is 0 Å². The van der Waals surface area contributed by atoms with E-state index >= 15 is 0 Å². The number of allylic oxidation sites excluding steroid dienone is 12. The molecule has 3 atom stereocenters. The lowest BCUT2D eigenvalue weighted by Gasteiger charge is -2.24. The largest absolute Gasteiger partial charge is 0.462 e. The molecule has 6 heteroatoms. The smallest absolute Gasteiger partial charge is 0.306 e. The second-order valence-electron chi connectivity index (χ2n) is 17.2. The molecule has 0 aromatic carbocycles. The molecule has 0 aliphatic heterocycles. The average molecular weight is 852 g/mol. The van der Waals surface area contributed by atoms with E-state index in [4.69, 9.17) is 4.74 Å². The van der Waals surface area contributed by atoms with Crippen molar-refractivity contribution < 1.29 is 24.5 Å². The van der Waals surface area contributed by atoms with E-state index in [1.807, 2.05) is 0 Å². The number of esters is 1. The molecule has 3 N–H and O–H groups in total. The van der Waals surface area contributed by atoms with Crippen molar-refractivity contribution in [3.05, 3.63) is 72.9 Å². The number of hydrogen-bond donors (Lipinski definition) is 3. The van der Waals surface area contributed by atoms with Crippen LogP contribution in [0.1, 0.15) is 239 Å². The van der Waals surface area contributed by atoms with Crippen molar-refractivity contribution in [2.75, 3.05) is 6.61 Å². The predicted molar refractivity (Wildman–Crippen MR) is 264 cm³/mol. The third-order valence-corrected chi connectivity index (χ3v) is 11.3. The first-order valence-corrected chi connectivity index (χ1v) is 25.7. The Labute approximate surface area is 377 Å². The summed E-state index contributed by atoms with van der Waals surface area (Å²) in [6.45, 7) is 6.32. The Bertz CT molecular complexity index is 1140. The van der Waals surface area contributed by atoms with E-state index in [1.165, 1.54) is 89.9 Å². The Kier molecular flexibility index (Phi) is 46.2. The van der Waals surface area contributed by atoms with Gasteiger partial charge in [-0.2, -0.15) is 0 Å². The molecule has 0 aromatic heterocycles. The maximum absolute atomic E-state index is 13.2. The molecule has 352 valence electrons. The van der Waals surface area contributed by atoms with Gasteiger partial charge in [-0.15, -0.1) is 0 Å². The molecule has 6 nitrogen and oxygen atoms in total. The van der Waals surface area contributed by atoms with Crippen LogP contribution < -0.4 is 5.32 Å². The minimum atomic E-state index is -0.804. The Hall–Kier alpha value is -2.70. The number of hydrogen-bond acceptors (Lipinski definition) is 5. The zero-order chi connectivity index (χ0) is 44.5. The van der Waals surface area contributed by atoms with Crippen molar-refractivity contribution in [2.24, 2.45) is 0 Å². The van der Waals surface area contributed by atoms with E-state index in [0.717, 1.165) is 103 Å². The number of nitrogens with one attached hydrogen (secondary N) is 1.